The highest BCUT2D eigenvalue weighted by atomic mass is 32.2. The molecule has 0 spiro atoms. The van der Waals surface area contributed by atoms with Crippen LogP contribution in [0.4, 0.5) is 4.39 Å². The van der Waals surface area contributed by atoms with E-state index in [9.17, 15) is 4.39 Å². The van der Waals surface area contributed by atoms with Crippen molar-refractivity contribution >= 4 is 17.6 Å². The van der Waals surface area contributed by atoms with E-state index in [0.717, 1.165) is 22.2 Å². The van der Waals surface area contributed by atoms with Gasteiger partial charge in [-0.3, -0.25) is 5.01 Å². The van der Waals surface area contributed by atoms with Gasteiger partial charge in [0.1, 0.15) is 16.5 Å². The molecule has 0 fully saturated rings. The second-order valence-electron chi connectivity index (χ2n) is 6.62. The van der Waals surface area contributed by atoms with Crippen LogP contribution in [0.3, 0.4) is 0 Å². The molecule has 1 aromatic heterocycles. The van der Waals surface area contributed by atoms with Crippen molar-refractivity contribution in [2.24, 2.45) is 5.10 Å². The standard InChI is InChI=1S/C20H21FN6S/c1-14(2)26-19(23-24-25-26)16-12-22-27(18-11-7-6-10-17(18)21)20(16)28-13-15-8-4-3-5-9-15/h3-12,14,24-25H,13H2,1-2H3. The Hall–Kier alpha value is -2.84. The number of hydrogen-bond acceptors (Lipinski definition) is 6. The number of hydrazone groups is 1. The lowest BCUT2D eigenvalue weighted by atomic mass is 10.2. The summed E-state index contributed by atoms with van der Waals surface area (Å²) in [5.74, 6) is 1.15. The highest BCUT2D eigenvalue weighted by molar-refractivity contribution is 7.98. The Morgan fingerprint density at radius 3 is 2.57 bits per heavy atom. The largest absolute Gasteiger partial charge is 0.268 e. The van der Waals surface area contributed by atoms with Gasteiger partial charge in [0.25, 0.3) is 0 Å². The third-order valence-electron chi connectivity index (χ3n) is 4.34. The molecule has 2 aromatic carbocycles. The van der Waals surface area contributed by atoms with E-state index in [-0.39, 0.29) is 11.9 Å². The van der Waals surface area contributed by atoms with Gasteiger partial charge in [0, 0.05) is 11.8 Å². The first-order chi connectivity index (χ1) is 13.6. The van der Waals surface area contributed by atoms with Crippen LogP contribution in [0.5, 0.6) is 0 Å². The number of nitrogens with one attached hydrogen (secondary N) is 2. The van der Waals surface area contributed by atoms with Crippen LogP contribution in [0.15, 0.2) is 70.9 Å². The van der Waals surface area contributed by atoms with E-state index in [1.165, 1.54) is 11.6 Å². The van der Waals surface area contributed by atoms with Crippen LogP contribution in [0.25, 0.3) is 5.69 Å². The van der Waals surface area contributed by atoms with Crippen molar-refractivity contribution in [2.45, 2.75) is 30.7 Å². The van der Waals surface area contributed by atoms with Gasteiger partial charge >= 0.3 is 0 Å². The first-order valence-electron chi connectivity index (χ1n) is 9.02. The average Bonchev–Trinajstić information content (AvgIpc) is 3.34. The number of thioether (sulfide) groups is 1. The molecule has 6 nitrogen and oxygen atoms in total. The molecule has 2 N–H and O–H groups in total. The van der Waals surface area contributed by atoms with Crippen molar-refractivity contribution in [1.29, 1.82) is 0 Å². The Morgan fingerprint density at radius 1 is 1.07 bits per heavy atom. The fourth-order valence-electron chi connectivity index (χ4n) is 2.95. The summed E-state index contributed by atoms with van der Waals surface area (Å²) >= 11 is 1.61. The molecule has 8 heteroatoms. The third kappa shape index (κ3) is 3.61. The van der Waals surface area contributed by atoms with Gasteiger partial charge in [0.15, 0.2) is 5.84 Å². The van der Waals surface area contributed by atoms with Gasteiger partial charge in [-0.2, -0.15) is 5.10 Å². The van der Waals surface area contributed by atoms with Crippen LogP contribution in [0.2, 0.25) is 0 Å². The minimum Gasteiger partial charge on any atom is -0.268 e. The first-order valence-corrected chi connectivity index (χ1v) is 10.0. The normalized spacial score (nSPS) is 13.7. The lowest BCUT2D eigenvalue weighted by Crippen LogP contribution is -2.45. The predicted octanol–water partition coefficient (Wildman–Crippen LogP) is 3.70. The number of halogens is 1. The zero-order chi connectivity index (χ0) is 19.5. The van der Waals surface area contributed by atoms with E-state index in [1.807, 2.05) is 29.3 Å². The molecule has 28 heavy (non-hydrogen) atoms. The summed E-state index contributed by atoms with van der Waals surface area (Å²) in [6.07, 6.45) is 1.74. The summed E-state index contributed by atoms with van der Waals surface area (Å²) < 4.78 is 16.1. The quantitative estimate of drug-likeness (QED) is 0.622. The van der Waals surface area contributed by atoms with Crippen LogP contribution in [0.1, 0.15) is 25.0 Å². The smallest absolute Gasteiger partial charge is 0.177 e. The Labute approximate surface area is 167 Å². The minimum absolute atomic E-state index is 0.178. The maximum absolute atomic E-state index is 14.5. The zero-order valence-corrected chi connectivity index (χ0v) is 16.4. The number of hydrogen-bond donors (Lipinski definition) is 2. The molecular weight excluding hydrogens is 375 g/mol. The molecule has 0 amide bonds. The Balaban J connectivity index is 1.75. The van der Waals surface area contributed by atoms with E-state index in [1.54, 1.807) is 34.8 Å². The van der Waals surface area contributed by atoms with E-state index >= 15 is 0 Å². The number of benzene rings is 2. The summed E-state index contributed by atoms with van der Waals surface area (Å²) in [6.45, 7) is 4.13. The van der Waals surface area contributed by atoms with Gasteiger partial charge in [0.2, 0.25) is 0 Å². The molecule has 0 radical (unpaired) electrons. The van der Waals surface area contributed by atoms with Gasteiger partial charge in [-0.1, -0.05) is 42.5 Å². The molecular formula is C20H21FN6S. The van der Waals surface area contributed by atoms with Gasteiger partial charge in [-0.15, -0.1) is 22.4 Å². The monoisotopic (exact) mass is 396 g/mol. The predicted molar refractivity (Wildman–Crippen MR) is 109 cm³/mol. The second kappa shape index (κ2) is 8.04. The molecule has 144 valence electrons. The number of amidine groups is 1. The van der Waals surface area contributed by atoms with E-state index in [4.69, 9.17) is 0 Å². The minimum atomic E-state index is -0.316. The van der Waals surface area contributed by atoms with Gasteiger partial charge in [0.05, 0.1) is 11.8 Å². The molecule has 0 atom stereocenters. The molecule has 1 aliphatic rings. The number of hydrazine groups is 2. The van der Waals surface area contributed by atoms with E-state index in [0.29, 0.717) is 5.69 Å². The highest BCUT2D eigenvalue weighted by Crippen LogP contribution is 2.31. The Bertz CT molecular complexity index is 985. The number of rotatable bonds is 6. The van der Waals surface area contributed by atoms with Gasteiger partial charge in [-0.25, -0.2) is 14.6 Å². The van der Waals surface area contributed by atoms with Crippen LogP contribution >= 0.6 is 11.8 Å². The molecule has 4 rings (SSSR count). The van der Waals surface area contributed by atoms with Crippen molar-refractivity contribution in [2.75, 3.05) is 0 Å². The average molecular weight is 396 g/mol. The fraction of sp³-hybridized carbons (Fsp3) is 0.200. The van der Waals surface area contributed by atoms with Crippen molar-refractivity contribution in [3.8, 4) is 5.69 Å². The van der Waals surface area contributed by atoms with E-state index < -0.39 is 0 Å². The highest BCUT2D eigenvalue weighted by Gasteiger charge is 2.27. The summed E-state index contributed by atoms with van der Waals surface area (Å²) in [5.41, 5.74) is 8.28. The van der Waals surface area contributed by atoms with Crippen molar-refractivity contribution in [1.82, 2.24) is 25.9 Å². The molecule has 3 aromatic rings. The lowest BCUT2D eigenvalue weighted by molar-refractivity contribution is 0.246. The molecule has 2 heterocycles. The second-order valence-corrected chi connectivity index (χ2v) is 7.59. The van der Waals surface area contributed by atoms with Crippen LogP contribution in [-0.4, -0.2) is 26.7 Å². The molecule has 0 saturated carbocycles. The molecule has 1 aliphatic heterocycles. The Morgan fingerprint density at radius 2 is 1.82 bits per heavy atom. The first kappa shape index (κ1) is 18.5. The summed E-state index contributed by atoms with van der Waals surface area (Å²) in [4.78, 5) is 0. The molecule has 0 unspecified atom stereocenters. The summed E-state index contributed by atoms with van der Waals surface area (Å²) in [6, 6.07) is 17.0. The summed E-state index contributed by atoms with van der Waals surface area (Å²) in [5, 5.41) is 11.6. The lowest BCUT2D eigenvalue weighted by Gasteiger charge is -2.23. The Kier molecular flexibility index (Phi) is 5.31. The van der Waals surface area contributed by atoms with Gasteiger partial charge in [-0.05, 0) is 31.5 Å². The third-order valence-corrected chi connectivity index (χ3v) is 5.49. The number of aromatic nitrogens is 2. The summed E-state index contributed by atoms with van der Waals surface area (Å²) in [7, 11) is 0. The maximum Gasteiger partial charge on any atom is 0.177 e. The van der Waals surface area contributed by atoms with Crippen molar-refractivity contribution in [3.63, 3.8) is 0 Å². The number of nitrogens with zero attached hydrogens (tertiary/aromatic N) is 4. The SMILES string of the molecule is CC(C)N1NNN=C1c1cnn(-c2ccccc2F)c1SCc1ccccc1. The van der Waals surface area contributed by atoms with Gasteiger partial charge < -0.3 is 0 Å². The van der Waals surface area contributed by atoms with E-state index in [2.05, 4.69) is 47.2 Å². The van der Waals surface area contributed by atoms with Crippen LogP contribution in [-0.2, 0) is 5.75 Å². The van der Waals surface area contributed by atoms with Crippen LogP contribution < -0.4 is 11.1 Å². The van der Waals surface area contributed by atoms with Crippen LogP contribution in [0, 0.1) is 5.82 Å². The van der Waals surface area contributed by atoms with Crippen molar-refractivity contribution in [3.05, 3.63) is 77.7 Å². The number of para-hydroxylation sites is 1. The zero-order valence-electron chi connectivity index (χ0n) is 15.6. The fourth-order valence-corrected chi connectivity index (χ4v) is 4.02. The van der Waals surface area contributed by atoms with Crippen molar-refractivity contribution < 1.29 is 4.39 Å². The molecule has 0 bridgehead atoms. The molecule has 0 saturated heterocycles. The topological polar surface area (TPSA) is 57.5 Å². The molecule has 0 aliphatic carbocycles. The maximum atomic E-state index is 14.5.